The van der Waals surface area contributed by atoms with Crippen molar-refractivity contribution in [3.63, 3.8) is 0 Å². The Labute approximate surface area is 128 Å². The van der Waals surface area contributed by atoms with Crippen molar-refractivity contribution in [2.45, 2.75) is 25.4 Å². The molecule has 0 aliphatic carbocycles. The Kier molecular flexibility index (Phi) is 5.13. The molecule has 118 valence electrons. The molecule has 1 aliphatic heterocycles. The highest BCUT2D eigenvalue weighted by atomic mass is 19.1. The molecule has 1 atom stereocenters. The minimum Gasteiger partial charge on any atom is -0.379 e. The molecular formula is C16H20FN3O2. The third-order valence-electron chi connectivity index (χ3n) is 3.70. The largest absolute Gasteiger partial charge is 0.379 e. The number of hydrogen-bond acceptors (Lipinski definition) is 5. The molecule has 1 aliphatic rings. The summed E-state index contributed by atoms with van der Waals surface area (Å²) in [5.74, 6) is 0.325. The maximum Gasteiger partial charge on any atom is 0.149 e. The molecular weight excluding hydrogens is 285 g/mol. The Bertz CT molecular complexity index is 617. The molecule has 2 aromatic rings. The molecule has 6 heteroatoms. The molecule has 1 aromatic heterocycles. The molecule has 0 radical (unpaired) electrons. The van der Waals surface area contributed by atoms with Crippen LogP contribution in [-0.4, -0.2) is 42.4 Å². The van der Waals surface area contributed by atoms with Gasteiger partial charge in [0, 0.05) is 25.1 Å². The Morgan fingerprint density at radius 1 is 1.36 bits per heavy atom. The van der Waals surface area contributed by atoms with Crippen LogP contribution in [0.5, 0.6) is 0 Å². The quantitative estimate of drug-likeness (QED) is 0.797. The van der Waals surface area contributed by atoms with E-state index in [1.807, 2.05) is 6.07 Å². The second kappa shape index (κ2) is 7.47. The van der Waals surface area contributed by atoms with Crippen molar-refractivity contribution >= 4 is 16.7 Å². The van der Waals surface area contributed by atoms with E-state index in [-0.39, 0.29) is 11.9 Å². The molecule has 3 rings (SSSR count). The van der Waals surface area contributed by atoms with Crippen molar-refractivity contribution in [3.05, 3.63) is 30.3 Å². The molecule has 1 fully saturated rings. The highest BCUT2D eigenvalue weighted by Crippen LogP contribution is 2.21. The van der Waals surface area contributed by atoms with Gasteiger partial charge in [0.25, 0.3) is 0 Å². The number of anilines is 1. The van der Waals surface area contributed by atoms with Gasteiger partial charge in [-0.15, -0.1) is 0 Å². The standard InChI is InChI=1S/C16H20FN3O2/c17-14-6-1-5-13-15(14)19-11-20-16(13)18-7-3-8-21-10-12-4-2-9-22-12/h1,5-6,11-12H,2-4,7-10H2,(H,18,19,20). The van der Waals surface area contributed by atoms with Gasteiger partial charge in [-0.25, -0.2) is 14.4 Å². The number of nitrogens with zero attached hydrogens (tertiary/aromatic N) is 2. The van der Waals surface area contributed by atoms with Crippen molar-refractivity contribution in [1.82, 2.24) is 9.97 Å². The third-order valence-corrected chi connectivity index (χ3v) is 3.70. The Hall–Kier alpha value is -1.79. The highest BCUT2D eigenvalue weighted by molar-refractivity contribution is 5.89. The second-order valence-corrected chi connectivity index (χ2v) is 5.35. The first-order valence-electron chi connectivity index (χ1n) is 7.67. The highest BCUT2D eigenvalue weighted by Gasteiger charge is 2.14. The van der Waals surface area contributed by atoms with E-state index in [1.165, 1.54) is 12.4 Å². The van der Waals surface area contributed by atoms with E-state index in [0.717, 1.165) is 25.9 Å². The minimum absolute atomic E-state index is 0.266. The summed E-state index contributed by atoms with van der Waals surface area (Å²) in [6, 6.07) is 4.88. The number of para-hydroxylation sites is 1. The van der Waals surface area contributed by atoms with Crippen LogP contribution in [0.25, 0.3) is 10.9 Å². The number of halogens is 1. The smallest absolute Gasteiger partial charge is 0.149 e. The van der Waals surface area contributed by atoms with Crippen LogP contribution in [0.3, 0.4) is 0 Å². The molecule has 22 heavy (non-hydrogen) atoms. The summed E-state index contributed by atoms with van der Waals surface area (Å²) in [6.45, 7) is 2.91. The van der Waals surface area contributed by atoms with Gasteiger partial charge in [-0.2, -0.15) is 0 Å². The maximum absolute atomic E-state index is 13.7. The van der Waals surface area contributed by atoms with Gasteiger partial charge >= 0.3 is 0 Å². The molecule has 0 saturated carbocycles. The van der Waals surface area contributed by atoms with Gasteiger partial charge in [0.1, 0.15) is 23.5 Å². The first kappa shape index (κ1) is 15.1. The number of rotatable bonds is 7. The van der Waals surface area contributed by atoms with E-state index in [1.54, 1.807) is 6.07 Å². The van der Waals surface area contributed by atoms with Crippen molar-refractivity contribution in [3.8, 4) is 0 Å². The van der Waals surface area contributed by atoms with Crippen molar-refractivity contribution in [2.75, 3.05) is 31.7 Å². The molecule has 0 bridgehead atoms. The van der Waals surface area contributed by atoms with Crippen LogP contribution in [0.4, 0.5) is 10.2 Å². The van der Waals surface area contributed by atoms with E-state index in [4.69, 9.17) is 9.47 Å². The van der Waals surface area contributed by atoms with E-state index in [0.29, 0.717) is 36.5 Å². The molecule has 1 N–H and O–H groups in total. The molecule has 0 spiro atoms. The minimum atomic E-state index is -0.331. The van der Waals surface area contributed by atoms with E-state index < -0.39 is 0 Å². The van der Waals surface area contributed by atoms with Gasteiger partial charge in [0.05, 0.1) is 12.7 Å². The SMILES string of the molecule is Fc1cccc2c(NCCCOCC3CCCO3)ncnc12. The normalized spacial score (nSPS) is 18.0. The van der Waals surface area contributed by atoms with Crippen LogP contribution in [0, 0.1) is 5.82 Å². The second-order valence-electron chi connectivity index (χ2n) is 5.35. The first-order chi connectivity index (χ1) is 10.8. The zero-order valence-corrected chi connectivity index (χ0v) is 12.4. The van der Waals surface area contributed by atoms with Crippen LogP contribution in [0.15, 0.2) is 24.5 Å². The summed E-state index contributed by atoms with van der Waals surface area (Å²) < 4.78 is 24.8. The number of nitrogens with one attached hydrogen (secondary N) is 1. The number of aromatic nitrogens is 2. The average molecular weight is 305 g/mol. The number of benzene rings is 1. The summed E-state index contributed by atoms with van der Waals surface area (Å²) >= 11 is 0. The predicted octanol–water partition coefficient (Wildman–Crippen LogP) is 2.77. The van der Waals surface area contributed by atoms with Crippen molar-refractivity contribution in [2.24, 2.45) is 0 Å². The lowest BCUT2D eigenvalue weighted by atomic mass is 10.2. The number of fused-ring (bicyclic) bond motifs is 1. The fourth-order valence-corrected chi connectivity index (χ4v) is 2.56. The monoisotopic (exact) mass is 305 g/mol. The van der Waals surface area contributed by atoms with E-state index >= 15 is 0 Å². The fourth-order valence-electron chi connectivity index (χ4n) is 2.56. The molecule has 0 amide bonds. The molecule has 1 unspecified atom stereocenters. The fraction of sp³-hybridized carbons (Fsp3) is 0.500. The van der Waals surface area contributed by atoms with E-state index in [9.17, 15) is 4.39 Å². The Morgan fingerprint density at radius 2 is 2.32 bits per heavy atom. The predicted molar refractivity (Wildman–Crippen MR) is 82.4 cm³/mol. The summed E-state index contributed by atoms with van der Waals surface area (Å²) in [4.78, 5) is 8.16. The molecule has 2 heterocycles. The zero-order valence-electron chi connectivity index (χ0n) is 12.4. The number of hydrogen-bond donors (Lipinski definition) is 1. The molecule has 5 nitrogen and oxygen atoms in total. The summed E-state index contributed by atoms with van der Waals surface area (Å²) in [5.41, 5.74) is 0.342. The number of ether oxygens (including phenoxy) is 2. The first-order valence-corrected chi connectivity index (χ1v) is 7.67. The average Bonchev–Trinajstić information content (AvgIpc) is 3.05. The van der Waals surface area contributed by atoms with Crippen LogP contribution < -0.4 is 5.32 Å². The maximum atomic E-state index is 13.7. The van der Waals surface area contributed by atoms with Gasteiger partial charge in [-0.1, -0.05) is 6.07 Å². The Morgan fingerprint density at radius 3 is 3.18 bits per heavy atom. The Balaban J connectivity index is 1.44. The lowest BCUT2D eigenvalue weighted by Gasteiger charge is -2.11. The van der Waals surface area contributed by atoms with Crippen molar-refractivity contribution < 1.29 is 13.9 Å². The lowest BCUT2D eigenvalue weighted by molar-refractivity contribution is 0.0172. The zero-order chi connectivity index (χ0) is 15.2. The van der Waals surface area contributed by atoms with Crippen LogP contribution >= 0.6 is 0 Å². The molecule has 1 saturated heterocycles. The van der Waals surface area contributed by atoms with E-state index in [2.05, 4.69) is 15.3 Å². The summed E-state index contributed by atoms with van der Waals surface area (Å²) in [5, 5.41) is 3.91. The van der Waals surface area contributed by atoms with Gasteiger partial charge < -0.3 is 14.8 Å². The molecule has 1 aromatic carbocycles. The van der Waals surface area contributed by atoms with Crippen LogP contribution in [0.1, 0.15) is 19.3 Å². The van der Waals surface area contributed by atoms with Gasteiger partial charge in [-0.05, 0) is 31.4 Å². The topological polar surface area (TPSA) is 56.3 Å². The van der Waals surface area contributed by atoms with Crippen LogP contribution in [-0.2, 0) is 9.47 Å². The van der Waals surface area contributed by atoms with Gasteiger partial charge in [-0.3, -0.25) is 0 Å². The van der Waals surface area contributed by atoms with Crippen molar-refractivity contribution in [1.29, 1.82) is 0 Å². The van der Waals surface area contributed by atoms with Crippen LogP contribution in [0.2, 0.25) is 0 Å². The van der Waals surface area contributed by atoms with Gasteiger partial charge in [0.15, 0.2) is 0 Å². The third kappa shape index (κ3) is 3.69. The summed E-state index contributed by atoms with van der Waals surface area (Å²) in [7, 11) is 0. The lowest BCUT2D eigenvalue weighted by Crippen LogP contribution is -2.15. The van der Waals surface area contributed by atoms with Gasteiger partial charge in [0.2, 0.25) is 0 Å². The summed E-state index contributed by atoms with van der Waals surface area (Å²) in [6.07, 6.45) is 4.72.